The molecule has 0 atom stereocenters. The summed E-state index contributed by atoms with van der Waals surface area (Å²) >= 11 is 5.83. The Hall–Kier alpha value is -1.81. The van der Waals surface area contributed by atoms with Crippen molar-refractivity contribution >= 4 is 17.4 Å². The van der Waals surface area contributed by atoms with Gasteiger partial charge in [0, 0.05) is 17.1 Å². The molecule has 2 aromatic rings. The average molecular weight is 252 g/mol. The second-order valence-electron chi connectivity index (χ2n) is 3.54. The van der Waals surface area contributed by atoms with E-state index in [2.05, 4.69) is 11.6 Å². The number of nitrogens with zero attached hydrogens (tertiary/aromatic N) is 2. The molecular weight excluding hydrogens is 241 g/mol. The van der Waals surface area contributed by atoms with E-state index in [0.717, 1.165) is 0 Å². The molecule has 2 N–H and O–H groups in total. The molecule has 1 aromatic heterocycles. The number of benzene rings is 1. The van der Waals surface area contributed by atoms with Crippen molar-refractivity contribution in [3.05, 3.63) is 48.0 Å². The summed E-state index contributed by atoms with van der Waals surface area (Å²) in [5, 5.41) is 0.444. The first-order chi connectivity index (χ1) is 8.13. The minimum Gasteiger partial charge on any atom is -0.383 e. The maximum Gasteiger partial charge on any atom is 0.132 e. The Morgan fingerprint density at radius 1 is 1.53 bits per heavy atom. The summed E-state index contributed by atoms with van der Waals surface area (Å²) in [6.45, 7) is 4.14. The van der Waals surface area contributed by atoms with Crippen LogP contribution in [0, 0.1) is 5.82 Å². The SMILES string of the molecule is C=CCn1cnc(-c2cc(Cl)ccc2F)c1N. The van der Waals surface area contributed by atoms with E-state index < -0.39 is 5.82 Å². The number of rotatable bonds is 3. The van der Waals surface area contributed by atoms with Crippen molar-refractivity contribution in [2.45, 2.75) is 6.54 Å². The van der Waals surface area contributed by atoms with Crippen molar-refractivity contribution in [3.63, 3.8) is 0 Å². The molecule has 0 fully saturated rings. The van der Waals surface area contributed by atoms with Gasteiger partial charge in [0.2, 0.25) is 0 Å². The zero-order valence-electron chi connectivity index (χ0n) is 9.03. The molecule has 0 amide bonds. The van der Waals surface area contributed by atoms with Gasteiger partial charge in [-0.2, -0.15) is 0 Å². The number of aromatic nitrogens is 2. The zero-order valence-corrected chi connectivity index (χ0v) is 9.78. The first-order valence-electron chi connectivity index (χ1n) is 5.00. The van der Waals surface area contributed by atoms with Crippen LogP contribution in [0.4, 0.5) is 10.2 Å². The monoisotopic (exact) mass is 251 g/mol. The number of anilines is 1. The predicted molar refractivity (Wildman–Crippen MR) is 67.2 cm³/mol. The number of nitrogen functional groups attached to an aromatic ring is 1. The van der Waals surface area contributed by atoms with E-state index in [0.29, 0.717) is 28.6 Å². The van der Waals surface area contributed by atoms with Gasteiger partial charge in [0.1, 0.15) is 17.3 Å². The molecule has 0 spiro atoms. The van der Waals surface area contributed by atoms with Gasteiger partial charge in [-0.3, -0.25) is 0 Å². The third-order valence-electron chi connectivity index (χ3n) is 2.39. The highest BCUT2D eigenvalue weighted by Gasteiger charge is 2.13. The van der Waals surface area contributed by atoms with Crippen LogP contribution in [0.25, 0.3) is 11.3 Å². The normalized spacial score (nSPS) is 10.5. The van der Waals surface area contributed by atoms with Gasteiger partial charge in [-0.15, -0.1) is 6.58 Å². The lowest BCUT2D eigenvalue weighted by Gasteiger charge is -2.04. The quantitative estimate of drug-likeness (QED) is 0.852. The number of allylic oxidation sites excluding steroid dienone is 1. The second-order valence-corrected chi connectivity index (χ2v) is 3.98. The molecule has 3 nitrogen and oxygen atoms in total. The van der Waals surface area contributed by atoms with E-state index >= 15 is 0 Å². The van der Waals surface area contributed by atoms with E-state index in [1.165, 1.54) is 18.2 Å². The largest absolute Gasteiger partial charge is 0.383 e. The topological polar surface area (TPSA) is 43.8 Å². The van der Waals surface area contributed by atoms with Crippen molar-refractivity contribution in [1.82, 2.24) is 9.55 Å². The fraction of sp³-hybridized carbons (Fsp3) is 0.0833. The molecule has 0 radical (unpaired) electrons. The summed E-state index contributed by atoms with van der Waals surface area (Å²) in [6, 6.07) is 4.29. The molecule has 1 aromatic carbocycles. The number of hydrogen-bond donors (Lipinski definition) is 1. The lowest BCUT2D eigenvalue weighted by Crippen LogP contribution is -2.00. The lowest BCUT2D eigenvalue weighted by molar-refractivity contribution is 0.631. The summed E-state index contributed by atoms with van der Waals surface area (Å²) in [6.07, 6.45) is 3.24. The van der Waals surface area contributed by atoms with E-state index in [1.54, 1.807) is 17.0 Å². The summed E-state index contributed by atoms with van der Waals surface area (Å²) in [5.74, 6) is -0.00369. The second kappa shape index (κ2) is 4.59. The van der Waals surface area contributed by atoms with Gasteiger partial charge in [0.25, 0.3) is 0 Å². The van der Waals surface area contributed by atoms with Crippen molar-refractivity contribution in [2.75, 3.05) is 5.73 Å². The third-order valence-corrected chi connectivity index (χ3v) is 2.62. The van der Waals surface area contributed by atoms with Crippen molar-refractivity contribution in [3.8, 4) is 11.3 Å². The van der Waals surface area contributed by atoms with Crippen molar-refractivity contribution in [1.29, 1.82) is 0 Å². The van der Waals surface area contributed by atoms with Crippen molar-refractivity contribution < 1.29 is 4.39 Å². The van der Waals surface area contributed by atoms with Crippen LogP contribution < -0.4 is 5.73 Å². The maximum atomic E-state index is 13.6. The van der Waals surface area contributed by atoms with Gasteiger partial charge in [-0.05, 0) is 18.2 Å². The van der Waals surface area contributed by atoms with Crippen LogP contribution in [0.5, 0.6) is 0 Å². The highest BCUT2D eigenvalue weighted by molar-refractivity contribution is 6.30. The van der Waals surface area contributed by atoms with Crippen LogP contribution in [0.15, 0.2) is 37.2 Å². The maximum absolute atomic E-state index is 13.6. The highest BCUT2D eigenvalue weighted by Crippen LogP contribution is 2.29. The number of hydrogen-bond acceptors (Lipinski definition) is 2. The molecule has 17 heavy (non-hydrogen) atoms. The average Bonchev–Trinajstić information content (AvgIpc) is 2.65. The van der Waals surface area contributed by atoms with E-state index in [-0.39, 0.29) is 0 Å². The Kier molecular flexibility index (Phi) is 3.15. The first-order valence-corrected chi connectivity index (χ1v) is 5.38. The van der Waals surface area contributed by atoms with E-state index in [9.17, 15) is 4.39 Å². The number of imidazole rings is 1. The summed E-state index contributed by atoms with van der Waals surface area (Å²) < 4.78 is 15.3. The Morgan fingerprint density at radius 3 is 3.00 bits per heavy atom. The molecule has 0 bridgehead atoms. The van der Waals surface area contributed by atoms with Crippen LogP contribution >= 0.6 is 11.6 Å². The van der Waals surface area contributed by atoms with Crippen LogP contribution in [0.1, 0.15) is 0 Å². The molecule has 0 saturated carbocycles. The minimum absolute atomic E-state index is 0.304. The molecule has 0 unspecified atom stereocenters. The molecule has 0 aliphatic rings. The van der Waals surface area contributed by atoms with Gasteiger partial charge in [-0.25, -0.2) is 9.37 Å². The molecule has 1 heterocycles. The Labute approximate surface area is 103 Å². The smallest absolute Gasteiger partial charge is 0.132 e. The fourth-order valence-electron chi connectivity index (χ4n) is 1.56. The molecule has 0 saturated heterocycles. The number of halogens is 2. The Bertz CT molecular complexity index is 563. The minimum atomic E-state index is -0.398. The van der Waals surface area contributed by atoms with Crippen LogP contribution in [-0.2, 0) is 6.54 Å². The Morgan fingerprint density at radius 2 is 2.29 bits per heavy atom. The van der Waals surface area contributed by atoms with Gasteiger partial charge in [-0.1, -0.05) is 17.7 Å². The molecule has 0 aliphatic carbocycles. The summed E-state index contributed by atoms with van der Waals surface area (Å²) in [5.41, 5.74) is 6.58. The van der Waals surface area contributed by atoms with Crippen molar-refractivity contribution in [2.24, 2.45) is 0 Å². The molecule has 0 aliphatic heterocycles. The Balaban J connectivity index is 2.53. The molecule has 2 rings (SSSR count). The molecule has 5 heteroatoms. The van der Waals surface area contributed by atoms with Crippen LogP contribution in [0.2, 0.25) is 5.02 Å². The van der Waals surface area contributed by atoms with Gasteiger partial charge in [0.05, 0.1) is 6.33 Å². The molecule has 88 valence electrons. The van der Waals surface area contributed by atoms with E-state index in [1.807, 2.05) is 0 Å². The summed E-state index contributed by atoms with van der Waals surface area (Å²) in [7, 11) is 0. The molecular formula is C12H11ClFN3. The van der Waals surface area contributed by atoms with Crippen LogP contribution in [-0.4, -0.2) is 9.55 Å². The predicted octanol–water partition coefficient (Wildman–Crippen LogP) is 3.11. The van der Waals surface area contributed by atoms with Gasteiger partial charge >= 0.3 is 0 Å². The van der Waals surface area contributed by atoms with E-state index in [4.69, 9.17) is 17.3 Å². The van der Waals surface area contributed by atoms with Crippen LogP contribution in [0.3, 0.4) is 0 Å². The zero-order chi connectivity index (χ0) is 12.4. The standard InChI is InChI=1S/C12H11ClFN3/c1-2-5-17-7-16-11(12(17)15)9-6-8(13)3-4-10(9)14/h2-4,6-7H,1,5,15H2. The lowest BCUT2D eigenvalue weighted by atomic mass is 10.1. The fourth-order valence-corrected chi connectivity index (χ4v) is 1.73. The number of nitrogens with two attached hydrogens (primary N) is 1. The van der Waals surface area contributed by atoms with Gasteiger partial charge < -0.3 is 10.3 Å². The van der Waals surface area contributed by atoms with Gasteiger partial charge in [0.15, 0.2) is 0 Å². The summed E-state index contributed by atoms with van der Waals surface area (Å²) in [4.78, 5) is 4.10. The third kappa shape index (κ3) is 2.17. The highest BCUT2D eigenvalue weighted by atomic mass is 35.5. The first kappa shape index (κ1) is 11.7.